The first-order chi connectivity index (χ1) is 12.8. The van der Waals surface area contributed by atoms with Gasteiger partial charge in [0.2, 0.25) is 0 Å². The van der Waals surface area contributed by atoms with Crippen LogP contribution >= 0.6 is 0 Å². The molecule has 0 saturated carbocycles. The van der Waals surface area contributed by atoms with Crippen LogP contribution in [0, 0.1) is 0 Å². The standard InChI is InChI=1S/C20H26N4O3/c1-20(2,3)17-13-16(23(4)22-17)18(25)21-15-7-5-6-14(12-15)19(26)24-8-10-27-11-9-24/h5-7,12-13H,8-11H2,1-4H3,(H,21,25). The summed E-state index contributed by atoms with van der Waals surface area (Å²) in [6, 6.07) is 8.81. The zero-order valence-corrected chi connectivity index (χ0v) is 16.3. The van der Waals surface area contributed by atoms with E-state index >= 15 is 0 Å². The first-order valence-corrected chi connectivity index (χ1v) is 9.08. The van der Waals surface area contributed by atoms with Gasteiger partial charge in [-0.3, -0.25) is 14.3 Å². The molecule has 7 nitrogen and oxygen atoms in total. The summed E-state index contributed by atoms with van der Waals surface area (Å²) in [5, 5.41) is 7.30. The number of ether oxygens (including phenoxy) is 1. The van der Waals surface area contributed by atoms with Crippen molar-refractivity contribution in [1.82, 2.24) is 14.7 Å². The highest BCUT2D eigenvalue weighted by molar-refractivity contribution is 6.04. The van der Waals surface area contributed by atoms with Gasteiger partial charge < -0.3 is 15.0 Å². The minimum Gasteiger partial charge on any atom is -0.378 e. The number of nitrogens with zero attached hydrogens (tertiary/aromatic N) is 3. The van der Waals surface area contributed by atoms with Crippen LogP contribution < -0.4 is 5.32 Å². The van der Waals surface area contributed by atoms with Gasteiger partial charge in [0.15, 0.2) is 0 Å². The smallest absolute Gasteiger partial charge is 0.273 e. The summed E-state index contributed by atoms with van der Waals surface area (Å²) in [5.41, 5.74) is 2.32. The Labute approximate surface area is 159 Å². The largest absolute Gasteiger partial charge is 0.378 e. The molecule has 0 unspecified atom stereocenters. The maximum absolute atomic E-state index is 12.7. The van der Waals surface area contributed by atoms with Crippen molar-refractivity contribution in [3.05, 3.63) is 47.3 Å². The van der Waals surface area contributed by atoms with Crippen LogP contribution in [-0.4, -0.2) is 52.8 Å². The predicted molar refractivity (Wildman–Crippen MR) is 103 cm³/mol. The number of rotatable bonds is 3. The molecule has 1 aliphatic heterocycles. The lowest BCUT2D eigenvalue weighted by Gasteiger charge is -2.27. The molecule has 1 saturated heterocycles. The molecule has 0 radical (unpaired) electrons. The fourth-order valence-corrected chi connectivity index (χ4v) is 2.92. The van der Waals surface area contributed by atoms with E-state index in [1.165, 1.54) is 0 Å². The topological polar surface area (TPSA) is 76.5 Å². The quantitative estimate of drug-likeness (QED) is 0.900. The molecule has 1 aromatic carbocycles. The van der Waals surface area contributed by atoms with Crippen LogP contribution in [-0.2, 0) is 17.2 Å². The molecule has 0 bridgehead atoms. The highest BCUT2D eigenvalue weighted by Crippen LogP contribution is 2.22. The van der Waals surface area contributed by atoms with Crippen molar-refractivity contribution in [3.8, 4) is 0 Å². The van der Waals surface area contributed by atoms with Crippen LogP contribution in [0.5, 0.6) is 0 Å². The van der Waals surface area contributed by atoms with E-state index in [0.29, 0.717) is 43.2 Å². The van der Waals surface area contributed by atoms with Crippen LogP contribution in [0.15, 0.2) is 30.3 Å². The molecule has 1 fully saturated rings. The predicted octanol–water partition coefficient (Wildman–Crippen LogP) is 2.44. The van der Waals surface area contributed by atoms with E-state index in [2.05, 4.69) is 31.2 Å². The molecule has 2 aromatic rings. The summed E-state index contributed by atoms with van der Waals surface area (Å²) in [4.78, 5) is 27.1. The lowest BCUT2D eigenvalue weighted by atomic mass is 9.92. The first kappa shape index (κ1) is 19.1. The molecule has 3 rings (SSSR count). The Balaban J connectivity index is 1.75. The van der Waals surface area contributed by atoms with Crippen molar-refractivity contribution in [2.45, 2.75) is 26.2 Å². The van der Waals surface area contributed by atoms with E-state index in [4.69, 9.17) is 4.74 Å². The number of morpholine rings is 1. The van der Waals surface area contributed by atoms with E-state index in [1.807, 2.05) is 0 Å². The molecule has 0 aliphatic carbocycles. The highest BCUT2D eigenvalue weighted by atomic mass is 16.5. The maximum Gasteiger partial charge on any atom is 0.273 e. The Kier molecular flexibility index (Phi) is 5.32. The molecule has 0 atom stereocenters. The van der Waals surface area contributed by atoms with Gasteiger partial charge >= 0.3 is 0 Å². The van der Waals surface area contributed by atoms with Crippen molar-refractivity contribution in [3.63, 3.8) is 0 Å². The van der Waals surface area contributed by atoms with Gasteiger partial charge in [-0.05, 0) is 24.3 Å². The summed E-state index contributed by atoms with van der Waals surface area (Å²) >= 11 is 0. The number of aromatic nitrogens is 2. The number of hydrogen-bond donors (Lipinski definition) is 1. The molecule has 1 aliphatic rings. The van der Waals surface area contributed by atoms with E-state index < -0.39 is 0 Å². The molecule has 2 amide bonds. The summed E-state index contributed by atoms with van der Waals surface area (Å²) in [5.74, 6) is -0.304. The summed E-state index contributed by atoms with van der Waals surface area (Å²) in [6.45, 7) is 8.44. The van der Waals surface area contributed by atoms with Crippen molar-refractivity contribution >= 4 is 17.5 Å². The number of anilines is 1. The van der Waals surface area contributed by atoms with Gasteiger partial charge in [0.25, 0.3) is 11.8 Å². The summed E-state index contributed by atoms with van der Waals surface area (Å²) < 4.78 is 6.87. The number of aryl methyl sites for hydroxylation is 1. The van der Waals surface area contributed by atoms with Gasteiger partial charge in [-0.25, -0.2) is 0 Å². The third-order valence-electron chi connectivity index (χ3n) is 4.55. The van der Waals surface area contributed by atoms with Gasteiger partial charge in [0, 0.05) is 36.8 Å². The van der Waals surface area contributed by atoms with E-state index in [1.54, 1.807) is 47.0 Å². The average Bonchev–Trinajstić information content (AvgIpc) is 3.04. The maximum atomic E-state index is 12.7. The summed E-state index contributed by atoms with van der Waals surface area (Å²) in [7, 11) is 1.75. The number of nitrogens with one attached hydrogen (secondary N) is 1. The molecule has 7 heteroatoms. The monoisotopic (exact) mass is 370 g/mol. The number of carbonyl (C=O) groups is 2. The van der Waals surface area contributed by atoms with Crippen LogP contribution in [0.4, 0.5) is 5.69 Å². The fraction of sp³-hybridized carbons (Fsp3) is 0.450. The Morgan fingerprint density at radius 3 is 2.48 bits per heavy atom. The van der Waals surface area contributed by atoms with Crippen LogP contribution in [0.25, 0.3) is 0 Å². The molecule has 1 N–H and O–H groups in total. The number of benzene rings is 1. The third kappa shape index (κ3) is 4.36. The van der Waals surface area contributed by atoms with Crippen LogP contribution in [0.2, 0.25) is 0 Å². The Morgan fingerprint density at radius 2 is 1.85 bits per heavy atom. The first-order valence-electron chi connectivity index (χ1n) is 9.08. The van der Waals surface area contributed by atoms with Crippen molar-refractivity contribution < 1.29 is 14.3 Å². The molecular formula is C20H26N4O3. The molecule has 1 aromatic heterocycles. The number of hydrogen-bond acceptors (Lipinski definition) is 4. The zero-order chi connectivity index (χ0) is 19.6. The third-order valence-corrected chi connectivity index (χ3v) is 4.55. The Morgan fingerprint density at radius 1 is 1.15 bits per heavy atom. The minimum atomic E-state index is -0.253. The SMILES string of the molecule is Cn1nc(C(C)(C)C)cc1C(=O)Nc1cccc(C(=O)N2CCOCC2)c1. The number of amides is 2. The average molecular weight is 370 g/mol. The second-order valence-corrected chi connectivity index (χ2v) is 7.73. The van der Waals surface area contributed by atoms with Gasteiger partial charge in [0.05, 0.1) is 18.9 Å². The molecular weight excluding hydrogens is 344 g/mol. The molecule has 2 heterocycles. The Hall–Kier alpha value is -2.67. The normalized spacial score (nSPS) is 14.9. The number of carbonyl (C=O) groups excluding carboxylic acids is 2. The van der Waals surface area contributed by atoms with Gasteiger partial charge in [-0.1, -0.05) is 26.8 Å². The second-order valence-electron chi connectivity index (χ2n) is 7.73. The molecule has 27 heavy (non-hydrogen) atoms. The van der Waals surface area contributed by atoms with Crippen LogP contribution in [0.3, 0.4) is 0 Å². The van der Waals surface area contributed by atoms with Crippen molar-refractivity contribution in [2.24, 2.45) is 7.05 Å². The minimum absolute atomic E-state index is 0.0510. The molecule has 144 valence electrons. The van der Waals surface area contributed by atoms with Crippen molar-refractivity contribution in [1.29, 1.82) is 0 Å². The lowest BCUT2D eigenvalue weighted by Crippen LogP contribution is -2.40. The van der Waals surface area contributed by atoms with E-state index in [0.717, 1.165) is 5.69 Å². The Bertz CT molecular complexity index is 845. The van der Waals surface area contributed by atoms with E-state index in [-0.39, 0.29) is 17.2 Å². The van der Waals surface area contributed by atoms with Gasteiger partial charge in [-0.15, -0.1) is 0 Å². The summed E-state index contributed by atoms with van der Waals surface area (Å²) in [6.07, 6.45) is 0. The van der Waals surface area contributed by atoms with Crippen molar-refractivity contribution in [2.75, 3.05) is 31.6 Å². The second kappa shape index (κ2) is 7.52. The lowest BCUT2D eigenvalue weighted by molar-refractivity contribution is 0.0303. The van der Waals surface area contributed by atoms with Gasteiger partial charge in [0.1, 0.15) is 5.69 Å². The van der Waals surface area contributed by atoms with Gasteiger partial charge in [-0.2, -0.15) is 5.10 Å². The molecule has 0 spiro atoms. The van der Waals surface area contributed by atoms with E-state index in [9.17, 15) is 9.59 Å². The van der Waals surface area contributed by atoms with Crippen LogP contribution in [0.1, 0.15) is 47.3 Å². The highest BCUT2D eigenvalue weighted by Gasteiger charge is 2.22. The fourth-order valence-electron chi connectivity index (χ4n) is 2.92. The zero-order valence-electron chi connectivity index (χ0n) is 16.3.